The summed E-state index contributed by atoms with van der Waals surface area (Å²) in [5, 5.41) is 3.40. The van der Waals surface area contributed by atoms with Crippen LogP contribution in [0.1, 0.15) is 32.3 Å². The zero-order chi connectivity index (χ0) is 12.4. The van der Waals surface area contributed by atoms with Crippen LogP contribution in [0.2, 0.25) is 0 Å². The maximum Gasteiger partial charge on any atom is 0.125 e. The predicted octanol–water partition coefficient (Wildman–Crippen LogP) is 3.50. The van der Waals surface area contributed by atoms with Gasteiger partial charge in [0.15, 0.2) is 0 Å². The van der Waals surface area contributed by atoms with Crippen molar-refractivity contribution in [1.82, 2.24) is 0 Å². The lowest BCUT2D eigenvalue weighted by atomic mass is 9.99. The van der Waals surface area contributed by atoms with Gasteiger partial charge in [-0.2, -0.15) is 0 Å². The number of halogens is 1. The second kappa shape index (κ2) is 5.05. The Balaban J connectivity index is 2.04. The average molecular weight is 237 g/mol. The van der Waals surface area contributed by atoms with E-state index in [1.54, 1.807) is 12.1 Å². The lowest BCUT2D eigenvalue weighted by molar-refractivity contribution is -0.0337. The van der Waals surface area contributed by atoms with Crippen LogP contribution in [0, 0.1) is 12.7 Å². The summed E-state index contributed by atoms with van der Waals surface area (Å²) in [6.07, 6.45) is 2.48. The zero-order valence-corrected chi connectivity index (χ0v) is 10.7. The molecule has 1 aromatic rings. The molecule has 1 N–H and O–H groups in total. The van der Waals surface area contributed by atoms with Crippen LogP contribution in [0.25, 0.3) is 0 Å². The van der Waals surface area contributed by atoms with Crippen LogP contribution in [0.4, 0.5) is 10.1 Å². The molecule has 1 heterocycles. The molecule has 0 saturated carbocycles. The van der Waals surface area contributed by atoms with Gasteiger partial charge in [0.1, 0.15) is 5.82 Å². The maximum atomic E-state index is 13.3. The van der Waals surface area contributed by atoms with Crippen LogP contribution in [-0.4, -0.2) is 18.2 Å². The Labute approximate surface area is 102 Å². The summed E-state index contributed by atoms with van der Waals surface area (Å²) in [5.74, 6) is -0.180. The number of nitrogens with one attached hydrogen (secondary N) is 1. The standard InChI is InChI=1S/C14H20FNO/c1-9-4-12(15)8-13(5-9)16-14-6-10(2)17-11(3)7-14/h4-5,8,10-11,14,16H,6-7H2,1-3H3. The third kappa shape index (κ3) is 3.43. The Morgan fingerprint density at radius 3 is 2.41 bits per heavy atom. The minimum absolute atomic E-state index is 0.180. The second-order valence-corrected chi connectivity index (χ2v) is 5.09. The lowest BCUT2D eigenvalue weighted by Crippen LogP contribution is -2.36. The Kier molecular flexibility index (Phi) is 3.67. The fourth-order valence-corrected chi connectivity index (χ4v) is 2.58. The van der Waals surface area contributed by atoms with E-state index >= 15 is 0 Å². The molecular formula is C14H20FNO. The van der Waals surface area contributed by atoms with Gasteiger partial charge in [-0.15, -0.1) is 0 Å². The van der Waals surface area contributed by atoms with Gasteiger partial charge in [0.05, 0.1) is 12.2 Å². The van der Waals surface area contributed by atoms with Gasteiger partial charge in [0, 0.05) is 11.7 Å². The first-order valence-electron chi connectivity index (χ1n) is 6.22. The fourth-order valence-electron chi connectivity index (χ4n) is 2.58. The molecule has 1 aliphatic rings. The van der Waals surface area contributed by atoms with E-state index in [1.807, 2.05) is 13.0 Å². The third-order valence-corrected chi connectivity index (χ3v) is 3.11. The van der Waals surface area contributed by atoms with Crippen LogP contribution >= 0.6 is 0 Å². The molecule has 0 bridgehead atoms. The molecule has 2 nitrogen and oxygen atoms in total. The molecule has 2 rings (SSSR count). The van der Waals surface area contributed by atoms with Crippen molar-refractivity contribution in [2.45, 2.75) is 51.9 Å². The summed E-state index contributed by atoms with van der Waals surface area (Å²) in [6, 6.07) is 5.45. The van der Waals surface area contributed by atoms with Gasteiger partial charge >= 0.3 is 0 Å². The van der Waals surface area contributed by atoms with Crippen molar-refractivity contribution in [1.29, 1.82) is 0 Å². The molecule has 0 aromatic heterocycles. The number of hydrogen-bond acceptors (Lipinski definition) is 2. The third-order valence-electron chi connectivity index (χ3n) is 3.11. The molecule has 17 heavy (non-hydrogen) atoms. The molecule has 1 saturated heterocycles. The summed E-state index contributed by atoms with van der Waals surface area (Å²) in [7, 11) is 0. The van der Waals surface area contributed by atoms with Crippen molar-refractivity contribution < 1.29 is 9.13 Å². The first kappa shape index (κ1) is 12.4. The van der Waals surface area contributed by atoms with E-state index < -0.39 is 0 Å². The van der Waals surface area contributed by atoms with Crippen LogP contribution in [-0.2, 0) is 4.74 Å². The molecule has 1 fully saturated rings. The first-order valence-corrected chi connectivity index (χ1v) is 6.22. The molecule has 1 aliphatic heterocycles. The largest absolute Gasteiger partial charge is 0.382 e. The summed E-state index contributed by atoms with van der Waals surface area (Å²) in [5.41, 5.74) is 1.81. The number of rotatable bonds is 2. The molecule has 0 aliphatic carbocycles. The Morgan fingerprint density at radius 1 is 1.18 bits per heavy atom. The maximum absolute atomic E-state index is 13.3. The van der Waals surface area contributed by atoms with Crippen molar-refractivity contribution in [3.8, 4) is 0 Å². The van der Waals surface area contributed by atoms with Gasteiger partial charge in [0.2, 0.25) is 0 Å². The van der Waals surface area contributed by atoms with E-state index in [0.29, 0.717) is 6.04 Å². The average Bonchev–Trinajstić information content (AvgIpc) is 2.13. The summed E-state index contributed by atoms with van der Waals surface area (Å²) < 4.78 is 19.0. The molecule has 2 unspecified atom stereocenters. The first-order chi connectivity index (χ1) is 8.02. The molecule has 2 atom stereocenters. The van der Waals surface area contributed by atoms with Crippen LogP contribution in [0.15, 0.2) is 18.2 Å². The quantitative estimate of drug-likeness (QED) is 0.850. The molecule has 3 heteroatoms. The second-order valence-electron chi connectivity index (χ2n) is 5.09. The van der Waals surface area contributed by atoms with Crippen molar-refractivity contribution >= 4 is 5.69 Å². The van der Waals surface area contributed by atoms with Crippen molar-refractivity contribution in [3.63, 3.8) is 0 Å². The van der Waals surface area contributed by atoms with E-state index in [9.17, 15) is 4.39 Å². The van der Waals surface area contributed by atoms with Gasteiger partial charge in [-0.1, -0.05) is 0 Å². The van der Waals surface area contributed by atoms with E-state index in [-0.39, 0.29) is 18.0 Å². The smallest absolute Gasteiger partial charge is 0.125 e. The molecule has 0 amide bonds. The zero-order valence-electron chi connectivity index (χ0n) is 10.7. The molecule has 0 radical (unpaired) electrons. The topological polar surface area (TPSA) is 21.3 Å². The van der Waals surface area contributed by atoms with Crippen LogP contribution < -0.4 is 5.32 Å². The van der Waals surface area contributed by atoms with Crippen LogP contribution in [0.5, 0.6) is 0 Å². The minimum atomic E-state index is -0.180. The number of ether oxygens (including phenoxy) is 1. The highest BCUT2D eigenvalue weighted by molar-refractivity contribution is 5.46. The van der Waals surface area contributed by atoms with Gasteiger partial charge in [-0.05, 0) is 57.4 Å². The number of hydrogen-bond donors (Lipinski definition) is 1. The number of benzene rings is 1. The fraction of sp³-hybridized carbons (Fsp3) is 0.571. The van der Waals surface area contributed by atoms with Crippen molar-refractivity contribution in [3.05, 3.63) is 29.6 Å². The minimum Gasteiger partial charge on any atom is -0.382 e. The van der Waals surface area contributed by atoms with Gasteiger partial charge in [-0.25, -0.2) is 4.39 Å². The van der Waals surface area contributed by atoms with Crippen LogP contribution in [0.3, 0.4) is 0 Å². The number of aryl methyl sites for hydroxylation is 1. The van der Waals surface area contributed by atoms with E-state index in [1.165, 1.54) is 0 Å². The highest BCUT2D eigenvalue weighted by Crippen LogP contribution is 2.23. The summed E-state index contributed by atoms with van der Waals surface area (Å²) >= 11 is 0. The lowest BCUT2D eigenvalue weighted by Gasteiger charge is -2.33. The monoisotopic (exact) mass is 237 g/mol. The molecule has 94 valence electrons. The molecule has 1 aromatic carbocycles. The van der Waals surface area contributed by atoms with Crippen molar-refractivity contribution in [2.24, 2.45) is 0 Å². The Hall–Kier alpha value is -1.09. The van der Waals surface area contributed by atoms with Crippen molar-refractivity contribution in [2.75, 3.05) is 5.32 Å². The highest BCUT2D eigenvalue weighted by atomic mass is 19.1. The predicted molar refractivity (Wildman–Crippen MR) is 67.8 cm³/mol. The Morgan fingerprint density at radius 2 is 1.82 bits per heavy atom. The SMILES string of the molecule is Cc1cc(F)cc(NC2CC(C)OC(C)C2)c1. The summed E-state index contributed by atoms with van der Waals surface area (Å²) in [6.45, 7) is 6.08. The van der Waals surface area contributed by atoms with E-state index in [4.69, 9.17) is 4.74 Å². The molecule has 0 spiro atoms. The van der Waals surface area contributed by atoms with Gasteiger partial charge in [-0.3, -0.25) is 0 Å². The molecular weight excluding hydrogens is 217 g/mol. The normalized spacial score (nSPS) is 29.1. The van der Waals surface area contributed by atoms with E-state index in [2.05, 4.69) is 19.2 Å². The highest BCUT2D eigenvalue weighted by Gasteiger charge is 2.24. The van der Waals surface area contributed by atoms with Gasteiger partial charge < -0.3 is 10.1 Å². The Bertz CT molecular complexity index is 364. The van der Waals surface area contributed by atoms with E-state index in [0.717, 1.165) is 24.1 Å². The summed E-state index contributed by atoms with van der Waals surface area (Å²) in [4.78, 5) is 0. The number of anilines is 1. The van der Waals surface area contributed by atoms with Gasteiger partial charge in [0.25, 0.3) is 0 Å².